The minimum atomic E-state index is -0.135. The maximum absolute atomic E-state index is 13.3. The van der Waals surface area contributed by atoms with Gasteiger partial charge in [0.25, 0.3) is 5.56 Å². The van der Waals surface area contributed by atoms with E-state index in [-0.39, 0.29) is 17.2 Å². The third-order valence-electron chi connectivity index (χ3n) is 5.25. The van der Waals surface area contributed by atoms with Gasteiger partial charge in [0.1, 0.15) is 4.70 Å². The summed E-state index contributed by atoms with van der Waals surface area (Å²) >= 11 is 2.66. The second-order valence-electron chi connectivity index (χ2n) is 7.54. The second kappa shape index (κ2) is 8.69. The lowest BCUT2D eigenvalue weighted by molar-refractivity contribution is -0.113. The summed E-state index contributed by atoms with van der Waals surface area (Å²) in [5.41, 5.74) is 6.43. The molecular weight excluding hydrogens is 426 g/mol. The van der Waals surface area contributed by atoms with Gasteiger partial charge in [0.15, 0.2) is 5.16 Å². The summed E-state index contributed by atoms with van der Waals surface area (Å²) in [7, 11) is 0. The van der Waals surface area contributed by atoms with Crippen LogP contribution in [0.25, 0.3) is 15.9 Å². The van der Waals surface area contributed by atoms with Crippen molar-refractivity contribution >= 4 is 44.9 Å². The highest BCUT2D eigenvalue weighted by molar-refractivity contribution is 7.99. The molecular formula is C24H23N3O2S2. The summed E-state index contributed by atoms with van der Waals surface area (Å²) in [5.74, 6) is 0.0180. The van der Waals surface area contributed by atoms with Crippen molar-refractivity contribution in [1.29, 1.82) is 0 Å². The Balaban J connectivity index is 1.68. The van der Waals surface area contributed by atoms with E-state index in [1.165, 1.54) is 23.1 Å². The third-order valence-corrected chi connectivity index (χ3v) is 7.08. The Labute approximate surface area is 189 Å². The van der Waals surface area contributed by atoms with Crippen molar-refractivity contribution < 1.29 is 4.79 Å². The van der Waals surface area contributed by atoms with Gasteiger partial charge >= 0.3 is 0 Å². The van der Waals surface area contributed by atoms with Crippen LogP contribution in [0.15, 0.2) is 57.8 Å². The van der Waals surface area contributed by atoms with Crippen LogP contribution in [0.2, 0.25) is 0 Å². The van der Waals surface area contributed by atoms with E-state index in [0.29, 0.717) is 15.4 Å². The number of aromatic nitrogens is 2. The Morgan fingerprint density at radius 3 is 2.68 bits per heavy atom. The van der Waals surface area contributed by atoms with Crippen molar-refractivity contribution in [2.75, 3.05) is 11.1 Å². The standard InChI is InChI=1S/C24H23N3O2S2/c1-14-8-9-18(16(3)12-14)25-21(28)13-31-24-26-19-10-11-30-22(19)23(29)27(24)20-7-5-6-15(2)17(20)4/h5-12H,13H2,1-4H3,(H,25,28). The Hall–Kier alpha value is -2.90. The minimum absolute atomic E-state index is 0.106. The van der Waals surface area contributed by atoms with Crippen molar-refractivity contribution in [1.82, 2.24) is 9.55 Å². The monoisotopic (exact) mass is 449 g/mol. The molecule has 0 atom stereocenters. The zero-order valence-corrected chi connectivity index (χ0v) is 19.5. The molecule has 0 aliphatic heterocycles. The second-order valence-corrected chi connectivity index (χ2v) is 9.40. The summed E-state index contributed by atoms with van der Waals surface area (Å²) < 4.78 is 2.25. The number of carbonyl (C=O) groups excluding carboxylic acids is 1. The zero-order valence-electron chi connectivity index (χ0n) is 17.9. The number of thioether (sulfide) groups is 1. The lowest BCUT2D eigenvalue weighted by Gasteiger charge is -2.15. The lowest BCUT2D eigenvalue weighted by Crippen LogP contribution is -2.23. The first kappa shape index (κ1) is 21.3. The van der Waals surface area contributed by atoms with Crippen molar-refractivity contribution in [3.05, 3.63) is 80.5 Å². The fraction of sp³-hybridized carbons (Fsp3) is 0.208. The molecule has 0 bridgehead atoms. The van der Waals surface area contributed by atoms with Gasteiger partial charge in [0.05, 0.1) is 17.0 Å². The summed E-state index contributed by atoms with van der Waals surface area (Å²) in [6, 6.07) is 13.6. The Kier molecular flexibility index (Phi) is 5.98. The van der Waals surface area contributed by atoms with Gasteiger partial charge in [-0.1, -0.05) is 41.6 Å². The lowest BCUT2D eigenvalue weighted by atomic mass is 10.1. The molecule has 0 aliphatic carbocycles. The van der Waals surface area contributed by atoms with Crippen molar-refractivity contribution in [3.63, 3.8) is 0 Å². The molecule has 2 aromatic heterocycles. The van der Waals surface area contributed by atoms with Crippen LogP contribution < -0.4 is 10.9 Å². The van der Waals surface area contributed by atoms with E-state index in [1.807, 2.05) is 75.5 Å². The van der Waals surface area contributed by atoms with Crippen molar-refractivity contribution in [2.45, 2.75) is 32.9 Å². The highest BCUT2D eigenvalue weighted by atomic mass is 32.2. The Bertz CT molecular complexity index is 1350. The molecule has 4 rings (SSSR count). The number of carbonyl (C=O) groups is 1. The molecule has 2 heterocycles. The quantitative estimate of drug-likeness (QED) is 0.327. The van der Waals surface area contributed by atoms with Gasteiger partial charge in [0, 0.05) is 5.69 Å². The summed E-state index contributed by atoms with van der Waals surface area (Å²) in [5, 5.41) is 5.34. The average molecular weight is 450 g/mol. The zero-order chi connectivity index (χ0) is 22.1. The number of rotatable bonds is 5. The molecule has 158 valence electrons. The fourth-order valence-corrected chi connectivity index (χ4v) is 5.01. The van der Waals surface area contributed by atoms with Crippen LogP contribution in [0.3, 0.4) is 0 Å². The van der Waals surface area contributed by atoms with Crippen LogP contribution in [-0.2, 0) is 4.79 Å². The Morgan fingerprint density at radius 2 is 1.90 bits per heavy atom. The predicted molar refractivity (Wildman–Crippen MR) is 130 cm³/mol. The van der Waals surface area contributed by atoms with Crippen molar-refractivity contribution in [3.8, 4) is 5.69 Å². The minimum Gasteiger partial charge on any atom is -0.325 e. The van der Waals surface area contributed by atoms with Gasteiger partial charge in [0.2, 0.25) is 5.91 Å². The number of aryl methyl sites for hydroxylation is 3. The largest absolute Gasteiger partial charge is 0.325 e. The first-order chi connectivity index (χ1) is 14.8. The molecule has 4 aromatic rings. The van der Waals surface area contributed by atoms with Crippen molar-refractivity contribution in [2.24, 2.45) is 0 Å². The highest BCUT2D eigenvalue weighted by Crippen LogP contribution is 2.26. The van der Waals surface area contributed by atoms with E-state index >= 15 is 0 Å². The predicted octanol–water partition coefficient (Wildman–Crippen LogP) is 5.41. The van der Waals surface area contributed by atoms with Crippen LogP contribution in [0, 0.1) is 27.7 Å². The van der Waals surface area contributed by atoms with E-state index in [4.69, 9.17) is 4.98 Å². The van der Waals surface area contributed by atoms with E-state index in [1.54, 1.807) is 4.57 Å². The number of thiophene rings is 1. The molecule has 0 unspecified atom stereocenters. The number of hydrogen-bond donors (Lipinski definition) is 1. The SMILES string of the molecule is Cc1ccc(NC(=O)CSc2nc3ccsc3c(=O)n2-c2cccc(C)c2C)c(C)c1. The summed E-state index contributed by atoms with van der Waals surface area (Å²) in [6.07, 6.45) is 0. The Morgan fingerprint density at radius 1 is 1.10 bits per heavy atom. The number of hydrogen-bond acceptors (Lipinski definition) is 5. The van der Waals surface area contributed by atoms with Crippen LogP contribution in [0.4, 0.5) is 5.69 Å². The van der Waals surface area contributed by atoms with Gasteiger partial charge in [-0.05, 0) is 68.0 Å². The molecule has 0 aliphatic rings. The topological polar surface area (TPSA) is 64.0 Å². The van der Waals surface area contributed by atoms with Crippen LogP contribution >= 0.6 is 23.1 Å². The molecule has 2 aromatic carbocycles. The number of benzene rings is 2. The van der Waals surface area contributed by atoms with Gasteiger partial charge in [-0.3, -0.25) is 14.2 Å². The van der Waals surface area contributed by atoms with E-state index in [2.05, 4.69) is 5.32 Å². The van der Waals surface area contributed by atoms with Crippen LogP contribution in [0.1, 0.15) is 22.3 Å². The van der Waals surface area contributed by atoms with E-state index in [9.17, 15) is 9.59 Å². The fourth-order valence-electron chi connectivity index (χ4n) is 3.45. The normalized spacial score (nSPS) is 11.1. The van der Waals surface area contributed by atoms with Gasteiger partial charge in [-0.25, -0.2) is 4.98 Å². The molecule has 0 saturated carbocycles. The number of amides is 1. The number of fused-ring (bicyclic) bond motifs is 1. The van der Waals surface area contributed by atoms with Gasteiger partial charge in [-0.2, -0.15) is 0 Å². The summed E-state index contributed by atoms with van der Waals surface area (Å²) in [4.78, 5) is 30.7. The first-order valence-electron chi connectivity index (χ1n) is 9.92. The number of nitrogens with zero attached hydrogens (tertiary/aromatic N) is 2. The highest BCUT2D eigenvalue weighted by Gasteiger charge is 2.17. The molecule has 1 amide bonds. The maximum atomic E-state index is 13.3. The maximum Gasteiger partial charge on any atom is 0.276 e. The summed E-state index contributed by atoms with van der Waals surface area (Å²) in [6.45, 7) is 8.01. The molecule has 0 fully saturated rings. The molecule has 1 N–H and O–H groups in total. The third kappa shape index (κ3) is 4.29. The number of anilines is 1. The van der Waals surface area contributed by atoms with Gasteiger partial charge in [-0.15, -0.1) is 11.3 Å². The van der Waals surface area contributed by atoms with E-state index < -0.39 is 0 Å². The first-order valence-corrected chi connectivity index (χ1v) is 11.8. The molecule has 31 heavy (non-hydrogen) atoms. The van der Waals surface area contributed by atoms with Crippen LogP contribution in [-0.4, -0.2) is 21.2 Å². The molecule has 0 radical (unpaired) electrons. The molecule has 5 nitrogen and oxygen atoms in total. The average Bonchev–Trinajstić information content (AvgIpc) is 3.20. The van der Waals surface area contributed by atoms with Gasteiger partial charge < -0.3 is 5.32 Å². The smallest absolute Gasteiger partial charge is 0.276 e. The van der Waals surface area contributed by atoms with Crippen LogP contribution in [0.5, 0.6) is 0 Å². The molecule has 7 heteroatoms. The number of nitrogens with one attached hydrogen (secondary N) is 1. The molecule has 0 spiro atoms. The molecule has 0 saturated heterocycles. The van der Waals surface area contributed by atoms with E-state index in [0.717, 1.165) is 33.6 Å².